The van der Waals surface area contributed by atoms with Crippen LogP contribution in [0.3, 0.4) is 0 Å². The molecule has 4 rings (SSSR count). The highest BCUT2D eigenvalue weighted by molar-refractivity contribution is 5.77. The van der Waals surface area contributed by atoms with E-state index < -0.39 is 11.1 Å². The van der Waals surface area contributed by atoms with Crippen LogP contribution in [-0.2, 0) is 0 Å². The molecule has 22 heavy (non-hydrogen) atoms. The summed E-state index contributed by atoms with van der Waals surface area (Å²) in [6.45, 7) is 0. The Bertz CT molecular complexity index is 1040. The first-order valence-corrected chi connectivity index (χ1v) is 6.52. The normalized spacial score (nSPS) is 11.1. The molecule has 0 aliphatic heterocycles. The van der Waals surface area contributed by atoms with E-state index in [0.29, 0.717) is 21.9 Å². The fraction of sp³-hybridized carbons (Fsp3) is 0. The molecule has 0 bridgehead atoms. The Labute approximate surface area is 122 Å². The average Bonchev–Trinajstić information content (AvgIpc) is 2.55. The molecular formula is C16H8N2O4. The van der Waals surface area contributed by atoms with E-state index in [9.17, 15) is 9.59 Å². The van der Waals surface area contributed by atoms with Gasteiger partial charge >= 0.3 is 0 Å². The number of nitrogens with zero attached hydrogens (tertiary/aromatic N) is 2. The van der Waals surface area contributed by atoms with Crippen LogP contribution in [0, 0.1) is 0 Å². The third-order valence-corrected chi connectivity index (χ3v) is 3.24. The van der Waals surface area contributed by atoms with Gasteiger partial charge in [-0.3, -0.25) is 9.59 Å². The third kappa shape index (κ3) is 1.89. The SMILES string of the molecule is O=c1nc(-c2nc(=O)c3ccccc3o2)oc2ccccc12. The smallest absolute Gasteiger partial charge is 0.287 e. The van der Waals surface area contributed by atoms with E-state index in [-0.39, 0.29) is 11.8 Å². The van der Waals surface area contributed by atoms with E-state index in [2.05, 4.69) is 9.97 Å². The Hall–Kier alpha value is -3.28. The maximum atomic E-state index is 12.0. The van der Waals surface area contributed by atoms with Crippen molar-refractivity contribution < 1.29 is 8.83 Å². The summed E-state index contributed by atoms with van der Waals surface area (Å²) in [5.41, 5.74) is -0.214. The van der Waals surface area contributed by atoms with Gasteiger partial charge in [0.2, 0.25) is 0 Å². The lowest BCUT2D eigenvalue weighted by Crippen LogP contribution is -2.11. The van der Waals surface area contributed by atoms with E-state index in [1.165, 1.54) is 0 Å². The van der Waals surface area contributed by atoms with Crippen LogP contribution in [0.15, 0.2) is 67.0 Å². The van der Waals surface area contributed by atoms with Crippen LogP contribution in [0.5, 0.6) is 0 Å². The van der Waals surface area contributed by atoms with E-state index in [0.717, 1.165) is 0 Å². The third-order valence-electron chi connectivity index (χ3n) is 3.24. The maximum Gasteiger partial charge on any atom is 0.287 e. The molecule has 2 heterocycles. The Kier molecular flexibility index (Phi) is 2.62. The van der Waals surface area contributed by atoms with Crippen LogP contribution in [0.2, 0.25) is 0 Å². The van der Waals surface area contributed by atoms with Gasteiger partial charge in [-0.25, -0.2) is 0 Å². The van der Waals surface area contributed by atoms with Gasteiger partial charge in [-0.05, 0) is 24.3 Å². The van der Waals surface area contributed by atoms with E-state index in [1.807, 2.05) is 0 Å². The first-order valence-electron chi connectivity index (χ1n) is 6.52. The number of hydrogen-bond acceptors (Lipinski definition) is 6. The number of hydrogen-bond donors (Lipinski definition) is 0. The van der Waals surface area contributed by atoms with Crippen molar-refractivity contribution in [1.29, 1.82) is 0 Å². The van der Waals surface area contributed by atoms with Gasteiger partial charge in [0.15, 0.2) is 0 Å². The van der Waals surface area contributed by atoms with Crippen LogP contribution in [-0.4, -0.2) is 9.97 Å². The van der Waals surface area contributed by atoms with Gasteiger partial charge in [-0.2, -0.15) is 9.97 Å². The molecule has 0 saturated carbocycles. The van der Waals surface area contributed by atoms with Crippen molar-refractivity contribution in [1.82, 2.24) is 9.97 Å². The molecule has 0 radical (unpaired) electrons. The zero-order valence-electron chi connectivity index (χ0n) is 11.1. The van der Waals surface area contributed by atoms with Crippen molar-refractivity contribution in [3.05, 3.63) is 69.2 Å². The second-order valence-electron chi connectivity index (χ2n) is 4.64. The molecule has 106 valence electrons. The van der Waals surface area contributed by atoms with E-state index in [1.54, 1.807) is 48.5 Å². The topological polar surface area (TPSA) is 86.2 Å². The van der Waals surface area contributed by atoms with Crippen molar-refractivity contribution >= 4 is 21.9 Å². The molecule has 0 aliphatic rings. The summed E-state index contributed by atoms with van der Waals surface area (Å²) in [5.74, 6) is -0.238. The lowest BCUT2D eigenvalue weighted by molar-refractivity contribution is 0.522. The number of aromatic nitrogens is 2. The lowest BCUT2D eigenvalue weighted by atomic mass is 10.2. The molecule has 0 atom stereocenters. The van der Waals surface area contributed by atoms with Crippen LogP contribution in [0.1, 0.15) is 0 Å². The first-order chi connectivity index (χ1) is 10.7. The summed E-state index contributed by atoms with van der Waals surface area (Å²) in [6.07, 6.45) is 0. The molecule has 0 N–H and O–H groups in total. The quantitative estimate of drug-likeness (QED) is 0.535. The summed E-state index contributed by atoms with van der Waals surface area (Å²) in [4.78, 5) is 31.6. The van der Waals surface area contributed by atoms with Gasteiger partial charge in [0, 0.05) is 0 Å². The van der Waals surface area contributed by atoms with Gasteiger partial charge in [0.1, 0.15) is 11.2 Å². The van der Waals surface area contributed by atoms with E-state index >= 15 is 0 Å². The van der Waals surface area contributed by atoms with Gasteiger partial charge < -0.3 is 8.83 Å². The predicted molar refractivity (Wildman–Crippen MR) is 79.6 cm³/mol. The van der Waals surface area contributed by atoms with Crippen molar-refractivity contribution in [3.63, 3.8) is 0 Å². The Morgan fingerprint density at radius 1 is 0.636 bits per heavy atom. The van der Waals surface area contributed by atoms with Crippen LogP contribution in [0.4, 0.5) is 0 Å². The molecule has 0 spiro atoms. The zero-order valence-corrected chi connectivity index (χ0v) is 11.1. The largest absolute Gasteiger partial charge is 0.434 e. The molecule has 0 amide bonds. The van der Waals surface area contributed by atoms with Gasteiger partial charge in [-0.15, -0.1) is 0 Å². The minimum Gasteiger partial charge on any atom is -0.434 e. The van der Waals surface area contributed by atoms with Crippen LogP contribution in [0.25, 0.3) is 33.7 Å². The number of rotatable bonds is 1. The van der Waals surface area contributed by atoms with Crippen molar-refractivity contribution in [2.75, 3.05) is 0 Å². The van der Waals surface area contributed by atoms with E-state index in [4.69, 9.17) is 8.83 Å². The monoisotopic (exact) mass is 292 g/mol. The molecule has 6 heteroatoms. The minimum atomic E-state index is -0.463. The summed E-state index contributed by atoms with van der Waals surface area (Å²) in [6, 6.07) is 13.4. The minimum absolute atomic E-state index is 0.119. The molecule has 2 aromatic heterocycles. The summed E-state index contributed by atoms with van der Waals surface area (Å²) in [5, 5.41) is 0.712. The fourth-order valence-corrected chi connectivity index (χ4v) is 2.21. The second kappa shape index (κ2) is 4.63. The highest BCUT2D eigenvalue weighted by Crippen LogP contribution is 2.20. The van der Waals surface area contributed by atoms with Gasteiger partial charge in [0.25, 0.3) is 22.9 Å². The van der Waals surface area contributed by atoms with Gasteiger partial charge in [0.05, 0.1) is 10.8 Å². The molecule has 0 unspecified atom stereocenters. The molecule has 0 aliphatic carbocycles. The Balaban J connectivity index is 2.03. The highest BCUT2D eigenvalue weighted by Gasteiger charge is 2.14. The summed E-state index contributed by atoms with van der Waals surface area (Å²) >= 11 is 0. The second-order valence-corrected chi connectivity index (χ2v) is 4.64. The molecule has 6 nitrogen and oxygen atoms in total. The standard InChI is InChI=1S/C16H8N2O4/c19-13-9-5-1-3-7-11(9)21-15(17-13)16-18-14(20)10-6-2-4-8-12(10)22-16/h1-8H. The van der Waals surface area contributed by atoms with Gasteiger partial charge in [-0.1, -0.05) is 24.3 Å². The van der Waals surface area contributed by atoms with Crippen molar-refractivity contribution in [3.8, 4) is 11.8 Å². The molecular weight excluding hydrogens is 284 g/mol. The molecule has 2 aromatic carbocycles. The van der Waals surface area contributed by atoms with Crippen molar-refractivity contribution in [2.24, 2.45) is 0 Å². The lowest BCUT2D eigenvalue weighted by Gasteiger charge is -2.01. The molecule has 0 fully saturated rings. The maximum absolute atomic E-state index is 12.0. The Morgan fingerprint density at radius 2 is 1.05 bits per heavy atom. The number of para-hydroxylation sites is 2. The number of fused-ring (bicyclic) bond motifs is 2. The van der Waals surface area contributed by atoms with Crippen LogP contribution >= 0.6 is 0 Å². The predicted octanol–water partition coefficient (Wildman–Crippen LogP) is 2.36. The van der Waals surface area contributed by atoms with Crippen LogP contribution < -0.4 is 11.1 Å². The molecule has 4 aromatic rings. The fourth-order valence-electron chi connectivity index (χ4n) is 2.21. The number of benzene rings is 2. The average molecular weight is 292 g/mol. The Morgan fingerprint density at radius 3 is 1.50 bits per heavy atom. The first kappa shape index (κ1) is 12.5. The van der Waals surface area contributed by atoms with Crippen molar-refractivity contribution in [2.45, 2.75) is 0 Å². The summed E-state index contributed by atoms with van der Waals surface area (Å²) < 4.78 is 11.1. The zero-order chi connectivity index (χ0) is 15.1. The summed E-state index contributed by atoms with van der Waals surface area (Å²) in [7, 11) is 0. The molecule has 0 saturated heterocycles. The highest BCUT2D eigenvalue weighted by atomic mass is 16.4.